The lowest BCUT2D eigenvalue weighted by atomic mass is 10.0. The van der Waals surface area contributed by atoms with E-state index in [1.165, 1.54) is 0 Å². The predicted octanol–water partition coefficient (Wildman–Crippen LogP) is 4.86. The first-order valence-corrected chi connectivity index (χ1v) is 7.44. The summed E-state index contributed by atoms with van der Waals surface area (Å²) < 4.78 is 7.23. The van der Waals surface area contributed by atoms with E-state index in [9.17, 15) is 0 Å². The minimum absolute atomic E-state index is 0.631. The van der Waals surface area contributed by atoms with Gasteiger partial charge < -0.3 is 4.74 Å². The summed E-state index contributed by atoms with van der Waals surface area (Å²) in [5.41, 5.74) is 4.12. The van der Waals surface area contributed by atoms with Crippen LogP contribution < -0.4 is 4.74 Å². The third-order valence-corrected chi connectivity index (χ3v) is 4.02. The van der Waals surface area contributed by atoms with Gasteiger partial charge in [0.05, 0.1) is 24.4 Å². The van der Waals surface area contributed by atoms with Crippen molar-refractivity contribution in [3.63, 3.8) is 0 Å². The zero-order chi connectivity index (χ0) is 15.7. The fourth-order valence-electron chi connectivity index (χ4n) is 2.69. The lowest BCUT2D eigenvalue weighted by molar-refractivity contribution is 0.414. The first-order valence-electron chi connectivity index (χ1n) is 7.06. The SMILES string of the molecule is C=CCn1nc2c(Cl)cccc2c1-c1ccc(OC)cc1C. The standard InChI is InChI=1S/C18H17ClN2O/c1-4-10-21-18(14-9-8-13(22-3)11-12(14)2)15-6-5-7-16(19)17(15)20-21/h4-9,11H,1,10H2,2-3H3. The van der Waals surface area contributed by atoms with Crippen molar-refractivity contribution in [2.75, 3.05) is 7.11 Å². The van der Waals surface area contributed by atoms with Gasteiger partial charge in [0.1, 0.15) is 11.3 Å². The van der Waals surface area contributed by atoms with E-state index in [0.29, 0.717) is 11.6 Å². The molecule has 3 rings (SSSR count). The highest BCUT2D eigenvalue weighted by molar-refractivity contribution is 6.35. The summed E-state index contributed by atoms with van der Waals surface area (Å²) in [6.45, 7) is 6.52. The molecule has 0 saturated heterocycles. The molecule has 0 bridgehead atoms. The van der Waals surface area contributed by atoms with E-state index in [4.69, 9.17) is 16.3 Å². The van der Waals surface area contributed by atoms with Crippen LogP contribution in [0, 0.1) is 6.92 Å². The van der Waals surface area contributed by atoms with Crippen LogP contribution in [0.1, 0.15) is 5.56 Å². The molecule has 22 heavy (non-hydrogen) atoms. The first kappa shape index (κ1) is 14.7. The second kappa shape index (κ2) is 5.85. The Morgan fingerprint density at radius 1 is 1.32 bits per heavy atom. The van der Waals surface area contributed by atoms with Crippen molar-refractivity contribution in [1.82, 2.24) is 9.78 Å². The maximum Gasteiger partial charge on any atom is 0.119 e. The lowest BCUT2D eigenvalue weighted by Gasteiger charge is -2.10. The number of ether oxygens (including phenoxy) is 1. The van der Waals surface area contributed by atoms with Gasteiger partial charge in [0, 0.05) is 10.9 Å². The van der Waals surface area contributed by atoms with Crippen LogP contribution in [0.4, 0.5) is 0 Å². The van der Waals surface area contributed by atoms with Gasteiger partial charge in [-0.2, -0.15) is 5.10 Å². The van der Waals surface area contributed by atoms with E-state index in [-0.39, 0.29) is 0 Å². The fourth-order valence-corrected chi connectivity index (χ4v) is 2.90. The van der Waals surface area contributed by atoms with Gasteiger partial charge in [0.15, 0.2) is 0 Å². The maximum atomic E-state index is 6.30. The van der Waals surface area contributed by atoms with Crippen LogP contribution in [0.25, 0.3) is 22.2 Å². The van der Waals surface area contributed by atoms with Crippen molar-refractivity contribution in [2.24, 2.45) is 0 Å². The molecular weight excluding hydrogens is 296 g/mol. The van der Waals surface area contributed by atoms with Crippen LogP contribution in [0.15, 0.2) is 49.1 Å². The number of halogens is 1. The molecule has 0 aliphatic carbocycles. The number of nitrogens with zero attached hydrogens (tertiary/aromatic N) is 2. The van der Waals surface area contributed by atoms with Crippen LogP contribution in [-0.4, -0.2) is 16.9 Å². The summed E-state index contributed by atoms with van der Waals surface area (Å²) in [6, 6.07) is 11.9. The molecule has 0 spiro atoms. The van der Waals surface area contributed by atoms with E-state index >= 15 is 0 Å². The van der Waals surface area contributed by atoms with Crippen LogP contribution in [-0.2, 0) is 6.54 Å². The highest BCUT2D eigenvalue weighted by Gasteiger charge is 2.16. The van der Waals surface area contributed by atoms with Gasteiger partial charge in [-0.25, -0.2) is 0 Å². The van der Waals surface area contributed by atoms with Gasteiger partial charge in [-0.3, -0.25) is 4.68 Å². The quantitative estimate of drug-likeness (QED) is 0.643. The largest absolute Gasteiger partial charge is 0.497 e. The monoisotopic (exact) mass is 312 g/mol. The molecule has 0 fully saturated rings. The summed E-state index contributed by atoms with van der Waals surface area (Å²) in [5.74, 6) is 0.846. The van der Waals surface area contributed by atoms with E-state index < -0.39 is 0 Å². The molecule has 2 aromatic carbocycles. The number of benzene rings is 2. The Kier molecular flexibility index (Phi) is 3.90. The van der Waals surface area contributed by atoms with Gasteiger partial charge in [0.25, 0.3) is 0 Å². The molecule has 1 heterocycles. The van der Waals surface area contributed by atoms with Crippen LogP contribution in [0.3, 0.4) is 0 Å². The maximum absolute atomic E-state index is 6.30. The molecule has 0 radical (unpaired) electrons. The number of fused-ring (bicyclic) bond motifs is 1. The number of aromatic nitrogens is 2. The third kappa shape index (κ3) is 2.38. The summed E-state index contributed by atoms with van der Waals surface area (Å²) >= 11 is 6.30. The average Bonchev–Trinajstić information content (AvgIpc) is 2.87. The van der Waals surface area contributed by atoms with Crippen molar-refractivity contribution in [1.29, 1.82) is 0 Å². The normalized spacial score (nSPS) is 10.9. The van der Waals surface area contributed by atoms with Crippen LogP contribution in [0.5, 0.6) is 5.75 Å². The zero-order valence-corrected chi connectivity index (χ0v) is 13.4. The Morgan fingerprint density at radius 3 is 2.82 bits per heavy atom. The molecule has 4 heteroatoms. The van der Waals surface area contributed by atoms with Gasteiger partial charge in [-0.05, 0) is 36.8 Å². The second-order valence-electron chi connectivity index (χ2n) is 5.14. The molecule has 0 atom stereocenters. The molecule has 0 amide bonds. The van der Waals surface area contributed by atoms with Crippen molar-refractivity contribution in [3.8, 4) is 17.0 Å². The van der Waals surface area contributed by atoms with Crippen molar-refractivity contribution in [2.45, 2.75) is 13.5 Å². The predicted molar refractivity (Wildman–Crippen MR) is 91.7 cm³/mol. The minimum Gasteiger partial charge on any atom is -0.497 e. The van der Waals surface area contributed by atoms with Gasteiger partial charge >= 0.3 is 0 Å². The molecule has 0 N–H and O–H groups in total. The Morgan fingerprint density at radius 2 is 2.14 bits per heavy atom. The van der Waals surface area contributed by atoms with Gasteiger partial charge in [0.2, 0.25) is 0 Å². The number of aryl methyl sites for hydroxylation is 1. The third-order valence-electron chi connectivity index (χ3n) is 3.71. The second-order valence-corrected chi connectivity index (χ2v) is 5.54. The Labute approximate surface area is 134 Å². The number of methoxy groups -OCH3 is 1. The topological polar surface area (TPSA) is 27.1 Å². The van der Waals surface area contributed by atoms with E-state index in [0.717, 1.165) is 33.5 Å². The molecule has 112 valence electrons. The van der Waals surface area contributed by atoms with Crippen molar-refractivity contribution in [3.05, 3.63) is 59.6 Å². The fraction of sp³-hybridized carbons (Fsp3) is 0.167. The minimum atomic E-state index is 0.631. The summed E-state index contributed by atoms with van der Waals surface area (Å²) in [6.07, 6.45) is 1.84. The molecule has 0 aliphatic rings. The van der Waals surface area contributed by atoms with E-state index in [2.05, 4.69) is 24.7 Å². The summed E-state index contributed by atoms with van der Waals surface area (Å²) in [5, 5.41) is 6.35. The molecule has 0 unspecified atom stereocenters. The van der Waals surface area contributed by atoms with Gasteiger partial charge in [-0.15, -0.1) is 6.58 Å². The molecule has 3 nitrogen and oxygen atoms in total. The Balaban J connectivity index is 2.31. The highest BCUT2D eigenvalue weighted by Crippen LogP contribution is 2.35. The molecule has 3 aromatic rings. The number of hydrogen-bond acceptors (Lipinski definition) is 2. The molecular formula is C18H17ClN2O. The Bertz CT molecular complexity index is 852. The van der Waals surface area contributed by atoms with E-state index in [1.807, 2.05) is 41.1 Å². The van der Waals surface area contributed by atoms with Crippen LogP contribution in [0.2, 0.25) is 5.02 Å². The molecule has 0 saturated carbocycles. The average molecular weight is 313 g/mol. The number of allylic oxidation sites excluding steroid dienone is 1. The number of hydrogen-bond donors (Lipinski definition) is 0. The van der Waals surface area contributed by atoms with Crippen LogP contribution >= 0.6 is 11.6 Å². The summed E-state index contributed by atoms with van der Waals surface area (Å²) in [7, 11) is 1.67. The van der Waals surface area contributed by atoms with Gasteiger partial charge in [-0.1, -0.05) is 29.8 Å². The molecule has 1 aromatic heterocycles. The smallest absolute Gasteiger partial charge is 0.119 e. The molecule has 0 aliphatic heterocycles. The summed E-state index contributed by atoms with van der Waals surface area (Å²) in [4.78, 5) is 0. The first-order chi connectivity index (χ1) is 10.7. The van der Waals surface area contributed by atoms with Crippen molar-refractivity contribution < 1.29 is 4.74 Å². The lowest BCUT2D eigenvalue weighted by Crippen LogP contribution is -2.01. The zero-order valence-electron chi connectivity index (χ0n) is 12.6. The highest BCUT2D eigenvalue weighted by atomic mass is 35.5. The van der Waals surface area contributed by atoms with E-state index in [1.54, 1.807) is 7.11 Å². The van der Waals surface area contributed by atoms with Crippen molar-refractivity contribution >= 4 is 22.5 Å². The number of rotatable bonds is 4. The Hall–Kier alpha value is -2.26.